The molecule has 0 saturated carbocycles. The first kappa shape index (κ1) is 20.7. The number of aromatic nitrogens is 2. The zero-order valence-electron chi connectivity index (χ0n) is 17.8. The topological polar surface area (TPSA) is 63.0 Å². The van der Waals surface area contributed by atoms with Crippen LogP contribution in [0.5, 0.6) is 5.75 Å². The van der Waals surface area contributed by atoms with Crippen molar-refractivity contribution in [1.29, 1.82) is 0 Å². The molecule has 0 atom stereocenters. The van der Waals surface area contributed by atoms with E-state index in [0.717, 1.165) is 48.1 Å². The predicted molar refractivity (Wildman–Crippen MR) is 119 cm³/mol. The van der Waals surface area contributed by atoms with Gasteiger partial charge in [-0.25, -0.2) is 9.98 Å². The van der Waals surface area contributed by atoms with Crippen molar-refractivity contribution in [3.05, 3.63) is 65.6 Å². The molecule has 2 aromatic heterocycles. The summed E-state index contributed by atoms with van der Waals surface area (Å²) in [5.74, 6) is 1.71. The Labute approximate surface area is 173 Å². The second-order valence-corrected chi connectivity index (χ2v) is 7.35. The molecule has 29 heavy (non-hydrogen) atoms. The summed E-state index contributed by atoms with van der Waals surface area (Å²) in [7, 11) is 0. The fourth-order valence-electron chi connectivity index (χ4n) is 3.08. The first-order valence-electron chi connectivity index (χ1n) is 10.3. The van der Waals surface area contributed by atoms with Crippen LogP contribution in [0, 0.1) is 6.92 Å². The highest BCUT2D eigenvalue weighted by Gasteiger charge is 2.07. The van der Waals surface area contributed by atoms with Crippen LogP contribution in [0.15, 0.2) is 53.8 Å². The van der Waals surface area contributed by atoms with Crippen molar-refractivity contribution < 1.29 is 4.74 Å². The first-order valence-corrected chi connectivity index (χ1v) is 10.3. The molecule has 0 aliphatic heterocycles. The van der Waals surface area contributed by atoms with Crippen LogP contribution in [-0.2, 0) is 13.0 Å². The molecule has 154 valence electrons. The van der Waals surface area contributed by atoms with Crippen LogP contribution in [0.25, 0.3) is 5.65 Å². The Kier molecular flexibility index (Phi) is 7.11. The molecular formula is C23H31N5O. The van der Waals surface area contributed by atoms with Gasteiger partial charge in [0.05, 0.1) is 18.3 Å². The summed E-state index contributed by atoms with van der Waals surface area (Å²) in [6.07, 6.45) is 5.06. The molecule has 6 heteroatoms. The number of hydrogen-bond acceptors (Lipinski definition) is 3. The number of aryl methyl sites for hydroxylation is 1. The van der Waals surface area contributed by atoms with Gasteiger partial charge in [-0.15, -0.1) is 0 Å². The second kappa shape index (κ2) is 9.96. The molecule has 0 fully saturated rings. The molecular weight excluding hydrogens is 362 g/mol. The molecule has 6 nitrogen and oxygen atoms in total. The van der Waals surface area contributed by atoms with E-state index in [9.17, 15) is 0 Å². The zero-order valence-corrected chi connectivity index (χ0v) is 17.8. The molecule has 2 heterocycles. The molecule has 0 saturated heterocycles. The van der Waals surface area contributed by atoms with E-state index in [2.05, 4.69) is 53.9 Å². The summed E-state index contributed by atoms with van der Waals surface area (Å²) in [6.45, 7) is 10.4. The van der Waals surface area contributed by atoms with Crippen molar-refractivity contribution in [1.82, 2.24) is 20.0 Å². The summed E-state index contributed by atoms with van der Waals surface area (Å²) in [4.78, 5) is 9.39. The molecule has 0 spiro atoms. The first-order chi connectivity index (χ1) is 14.0. The summed E-state index contributed by atoms with van der Waals surface area (Å²) in [5, 5.41) is 6.71. The largest absolute Gasteiger partial charge is 0.491 e. The maximum Gasteiger partial charge on any atom is 0.191 e. The summed E-state index contributed by atoms with van der Waals surface area (Å²) < 4.78 is 8.01. The van der Waals surface area contributed by atoms with Crippen LogP contribution in [0.3, 0.4) is 0 Å². The Morgan fingerprint density at radius 2 is 2.07 bits per heavy atom. The molecule has 3 rings (SSSR count). The highest BCUT2D eigenvalue weighted by molar-refractivity contribution is 5.79. The van der Waals surface area contributed by atoms with Gasteiger partial charge in [-0.05, 0) is 51.5 Å². The molecule has 0 aliphatic rings. The number of imidazole rings is 1. The monoisotopic (exact) mass is 393 g/mol. The smallest absolute Gasteiger partial charge is 0.191 e. The Bertz CT molecular complexity index is 928. The molecule has 0 amide bonds. The third kappa shape index (κ3) is 5.98. The minimum absolute atomic E-state index is 0.135. The van der Waals surface area contributed by atoms with E-state index >= 15 is 0 Å². The van der Waals surface area contributed by atoms with E-state index in [-0.39, 0.29) is 6.10 Å². The van der Waals surface area contributed by atoms with Gasteiger partial charge in [-0.2, -0.15) is 0 Å². The fraction of sp³-hybridized carbons (Fsp3) is 0.391. The van der Waals surface area contributed by atoms with Gasteiger partial charge < -0.3 is 19.8 Å². The summed E-state index contributed by atoms with van der Waals surface area (Å²) in [5.41, 5.74) is 4.30. The standard InChI is InChI=1S/C23H31N5O/c1-5-24-23(25-12-11-20-16-28-13-7-6-8-22(28)27-20)26-15-19-10-9-18(4)14-21(19)29-17(2)3/h6-10,13-14,16-17H,5,11-12,15H2,1-4H3,(H2,24,25,26). The average Bonchev–Trinajstić information content (AvgIpc) is 3.09. The average molecular weight is 394 g/mol. The molecule has 0 bridgehead atoms. The Balaban J connectivity index is 1.62. The normalized spacial score (nSPS) is 11.8. The van der Waals surface area contributed by atoms with Crippen LogP contribution in [-0.4, -0.2) is 34.5 Å². The van der Waals surface area contributed by atoms with E-state index in [0.29, 0.717) is 6.54 Å². The summed E-state index contributed by atoms with van der Waals surface area (Å²) in [6, 6.07) is 12.3. The van der Waals surface area contributed by atoms with Crippen LogP contribution in [0.2, 0.25) is 0 Å². The maximum atomic E-state index is 5.97. The number of nitrogens with zero attached hydrogens (tertiary/aromatic N) is 3. The van der Waals surface area contributed by atoms with Gasteiger partial charge in [0.15, 0.2) is 5.96 Å². The fourth-order valence-corrected chi connectivity index (χ4v) is 3.08. The number of nitrogens with one attached hydrogen (secondary N) is 2. The Morgan fingerprint density at radius 3 is 2.83 bits per heavy atom. The predicted octanol–water partition coefficient (Wildman–Crippen LogP) is 3.73. The highest BCUT2D eigenvalue weighted by Crippen LogP contribution is 2.22. The lowest BCUT2D eigenvalue weighted by atomic mass is 10.1. The molecule has 0 aliphatic carbocycles. The second-order valence-electron chi connectivity index (χ2n) is 7.35. The Hall–Kier alpha value is -3.02. The van der Waals surface area contributed by atoms with Gasteiger partial charge in [0, 0.05) is 37.5 Å². The van der Waals surface area contributed by atoms with Gasteiger partial charge >= 0.3 is 0 Å². The number of ether oxygens (including phenoxy) is 1. The number of hydrogen-bond donors (Lipinski definition) is 2. The van der Waals surface area contributed by atoms with Crippen molar-refractivity contribution in [3.8, 4) is 5.75 Å². The van der Waals surface area contributed by atoms with Gasteiger partial charge in [0.25, 0.3) is 0 Å². The van der Waals surface area contributed by atoms with Crippen LogP contribution in [0.4, 0.5) is 0 Å². The third-order valence-electron chi connectivity index (χ3n) is 4.42. The number of fused-ring (bicyclic) bond motifs is 1. The maximum absolute atomic E-state index is 5.97. The molecule has 1 aromatic carbocycles. The van der Waals surface area contributed by atoms with Gasteiger partial charge in [-0.3, -0.25) is 0 Å². The van der Waals surface area contributed by atoms with Gasteiger partial charge in [0.2, 0.25) is 0 Å². The van der Waals surface area contributed by atoms with Crippen molar-refractivity contribution >= 4 is 11.6 Å². The lowest BCUT2D eigenvalue weighted by Gasteiger charge is -2.15. The molecule has 0 radical (unpaired) electrons. The van der Waals surface area contributed by atoms with E-state index in [1.807, 2.05) is 42.6 Å². The quantitative estimate of drug-likeness (QED) is 0.452. The SMILES string of the molecule is CCNC(=NCc1ccc(C)cc1OC(C)C)NCCc1cn2ccccc2n1. The molecule has 2 N–H and O–H groups in total. The van der Waals surface area contributed by atoms with Crippen LogP contribution >= 0.6 is 0 Å². The van der Waals surface area contributed by atoms with E-state index < -0.39 is 0 Å². The van der Waals surface area contributed by atoms with E-state index in [1.165, 1.54) is 5.56 Å². The third-order valence-corrected chi connectivity index (χ3v) is 4.42. The molecule has 0 unspecified atom stereocenters. The van der Waals surface area contributed by atoms with E-state index in [4.69, 9.17) is 9.73 Å². The number of aliphatic imine (C=N–C) groups is 1. The van der Waals surface area contributed by atoms with Crippen molar-refractivity contribution in [2.24, 2.45) is 4.99 Å². The van der Waals surface area contributed by atoms with Crippen molar-refractivity contribution in [3.63, 3.8) is 0 Å². The van der Waals surface area contributed by atoms with Crippen molar-refractivity contribution in [2.75, 3.05) is 13.1 Å². The number of pyridine rings is 1. The minimum atomic E-state index is 0.135. The lowest BCUT2D eigenvalue weighted by Crippen LogP contribution is -2.38. The zero-order chi connectivity index (χ0) is 20.6. The Morgan fingerprint density at radius 1 is 1.21 bits per heavy atom. The molecule has 3 aromatic rings. The van der Waals surface area contributed by atoms with Gasteiger partial charge in [0.1, 0.15) is 11.4 Å². The lowest BCUT2D eigenvalue weighted by molar-refractivity contribution is 0.240. The minimum Gasteiger partial charge on any atom is -0.491 e. The number of benzene rings is 1. The van der Waals surface area contributed by atoms with Crippen LogP contribution < -0.4 is 15.4 Å². The summed E-state index contributed by atoms with van der Waals surface area (Å²) >= 11 is 0. The van der Waals surface area contributed by atoms with Crippen LogP contribution in [0.1, 0.15) is 37.6 Å². The number of rotatable bonds is 8. The van der Waals surface area contributed by atoms with E-state index in [1.54, 1.807) is 0 Å². The number of guanidine groups is 1. The van der Waals surface area contributed by atoms with Gasteiger partial charge in [-0.1, -0.05) is 18.2 Å². The van der Waals surface area contributed by atoms with Crippen molar-refractivity contribution in [2.45, 2.75) is 46.8 Å². The highest BCUT2D eigenvalue weighted by atomic mass is 16.5.